The van der Waals surface area contributed by atoms with E-state index in [4.69, 9.17) is 9.47 Å². The van der Waals surface area contributed by atoms with E-state index in [9.17, 15) is 13.6 Å². The molecule has 3 aromatic carbocycles. The van der Waals surface area contributed by atoms with Gasteiger partial charge in [0.15, 0.2) is 23.1 Å². The maximum Gasteiger partial charge on any atom is 0.228 e. The highest BCUT2D eigenvalue weighted by Crippen LogP contribution is 2.31. The van der Waals surface area contributed by atoms with Gasteiger partial charge in [0.2, 0.25) is 5.91 Å². The Kier molecular flexibility index (Phi) is 5.66. The van der Waals surface area contributed by atoms with Crippen molar-refractivity contribution in [2.45, 2.75) is 6.42 Å². The quantitative estimate of drug-likeness (QED) is 0.669. The highest BCUT2D eigenvalue weighted by molar-refractivity contribution is 5.93. The molecule has 0 aliphatic heterocycles. The highest BCUT2D eigenvalue weighted by atomic mass is 19.1. The molecular weight excluding hydrogens is 352 g/mol. The zero-order chi connectivity index (χ0) is 19.2. The fraction of sp³-hybridized carbons (Fsp3) is 0.0952. The molecular formula is C21H17F2NO3. The second-order valence-electron chi connectivity index (χ2n) is 5.72. The molecule has 3 rings (SSSR count). The maximum atomic E-state index is 14.2. The van der Waals surface area contributed by atoms with Crippen molar-refractivity contribution in [2.24, 2.45) is 0 Å². The molecule has 0 aromatic heterocycles. The third-order valence-electron chi connectivity index (χ3n) is 3.79. The van der Waals surface area contributed by atoms with E-state index in [1.165, 1.54) is 31.4 Å². The Labute approximate surface area is 155 Å². The Balaban J connectivity index is 1.76. The number of para-hydroxylation sites is 2. The van der Waals surface area contributed by atoms with E-state index in [0.29, 0.717) is 11.3 Å². The standard InChI is InChI=1S/C21H17F2NO3/c1-26-18-11-10-14(12-17(18)23)13-20(25)24-21-16(22)8-5-9-19(21)27-15-6-3-2-4-7-15/h2-12H,13H2,1H3,(H,24,25). The number of benzene rings is 3. The molecule has 0 saturated heterocycles. The zero-order valence-electron chi connectivity index (χ0n) is 14.5. The Morgan fingerprint density at radius 2 is 1.70 bits per heavy atom. The number of ether oxygens (including phenoxy) is 2. The van der Waals surface area contributed by atoms with Crippen molar-refractivity contribution >= 4 is 11.6 Å². The number of carbonyl (C=O) groups is 1. The van der Waals surface area contributed by atoms with E-state index >= 15 is 0 Å². The minimum atomic E-state index is -0.627. The summed E-state index contributed by atoms with van der Waals surface area (Å²) in [6.07, 6.45) is -0.125. The van der Waals surface area contributed by atoms with Crippen LogP contribution in [-0.2, 0) is 11.2 Å². The van der Waals surface area contributed by atoms with Crippen LogP contribution in [0, 0.1) is 11.6 Å². The van der Waals surface area contributed by atoms with Crippen molar-refractivity contribution in [2.75, 3.05) is 12.4 Å². The summed E-state index contributed by atoms with van der Waals surface area (Å²) in [5.74, 6) is -0.917. The van der Waals surface area contributed by atoms with E-state index in [0.717, 1.165) is 0 Å². The van der Waals surface area contributed by atoms with Gasteiger partial charge in [0.25, 0.3) is 0 Å². The number of methoxy groups -OCH3 is 1. The van der Waals surface area contributed by atoms with Crippen molar-refractivity contribution in [3.8, 4) is 17.2 Å². The van der Waals surface area contributed by atoms with Gasteiger partial charge in [0, 0.05) is 0 Å². The molecule has 0 spiro atoms. The molecule has 0 unspecified atom stereocenters. The van der Waals surface area contributed by atoms with Gasteiger partial charge in [-0.15, -0.1) is 0 Å². The first kappa shape index (κ1) is 18.4. The number of nitrogens with one attached hydrogen (secondary N) is 1. The molecule has 0 radical (unpaired) electrons. The molecule has 0 heterocycles. The Bertz CT molecular complexity index is 945. The van der Waals surface area contributed by atoms with Crippen LogP contribution >= 0.6 is 0 Å². The first-order valence-electron chi connectivity index (χ1n) is 8.20. The third kappa shape index (κ3) is 4.61. The number of amides is 1. The van der Waals surface area contributed by atoms with Crippen LogP contribution in [0.25, 0.3) is 0 Å². The van der Waals surface area contributed by atoms with Gasteiger partial charge in [-0.25, -0.2) is 8.78 Å². The van der Waals surface area contributed by atoms with E-state index < -0.39 is 17.5 Å². The smallest absolute Gasteiger partial charge is 0.228 e. The molecule has 0 saturated carbocycles. The Morgan fingerprint density at radius 3 is 2.41 bits per heavy atom. The summed E-state index contributed by atoms with van der Waals surface area (Å²) in [6.45, 7) is 0. The van der Waals surface area contributed by atoms with Gasteiger partial charge in [0.05, 0.1) is 13.5 Å². The number of anilines is 1. The van der Waals surface area contributed by atoms with Gasteiger partial charge < -0.3 is 14.8 Å². The summed E-state index contributed by atoms with van der Waals surface area (Å²) >= 11 is 0. The van der Waals surface area contributed by atoms with Gasteiger partial charge in [-0.1, -0.05) is 30.3 Å². The fourth-order valence-corrected chi connectivity index (χ4v) is 2.52. The van der Waals surface area contributed by atoms with Gasteiger partial charge >= 0.3 is 0 Å². The number of halogens is 2. The molecule has 6 heteroatoms. The second-order valence-corrected chi connectivity index (χ2v) is 5.72. The second kappa shape index (κ2) is 8.31. The van der Waals surface area contributed by atoms with E-state index in [1.807, 2.05) is 6.07 Å². The van der Waals surface area contributed by atoms with Crippen molar-refractivity contribution in [1.29, 1.82) is 0 Å². The summed E-state index contributed by atoms with van der Waals surface area (Å²) in [7, 11) is 1.36. The molecule has 3 aromatic rings. The van der Waals surface area contributed by atoms with Gasteiger partial charge in [-0.2, -0.15) is 0 Å². The predicted octanol–water partition coefficient (Wildman–Crippen LogP) is 4.95. The lowest BCUT2D eigenvalue weighted by molar-refractivity contribution is -0.115. The van der Waals surface area contributed by atoms with Crippen molar-refractivity contribution < 1.29 is 23.0 Å². The Hall–Kier alpha value is -3.41. The number of hydrogen-bond donors (Lipinski definition) is 1. The number of rotatable bonds is 6. The van der Waals surface area contributed by atoms with Crippen LogP contribution < -0.4 is 14.8 Å². The molecule has 27 heavy (non-hydrogen) atoms. The van der Waals surface area contributed by atoms with Gasteiger partial charge in [-0.3, -0.25) is 4.79 Å². The van der Waals surface area contributed by atoms with Crippen LogP contribution in [-0.4, -0.2) is 13.0 Å². The largest absolute Gasteiger partial charge is 0.494 e. The molecule has 0 aliphatic rings. The van der Waals surface area contributed by atoms with Crippen LogP contribution in [0.5, 0.6) is 17.2 Å². The number of hydrogen-bond acceptors (Lipinski definition) is 3. The average molecular weight is 369 g/mol. The summed E-state index contributed by atoms with van der Waals surface area (Å²) in [4.78, 5) is 12.3. The minimum absolute atomic E-state index is 0.0691. The van der Waals surface area contributed by atoms with Crippen LogP contribution in [0.2, 0.25) is 0 Å². The van der Waals surface area contributed by atoms with Crippen molar-refractivity contribution in [3.05, 3.63) is 83.9 Å². The van der Waals surface area contributed by atoms with Crippen LogP contribution in [0.1, 0.15) is 5.56 Å². The molecule has 1 amide bonds. The lowest BCUT2D eigenvalue weighted by atomic mass is 10.1. The lowest BCUT2D eigenvalue weighted by Gasteiger charge is -2.13. The highest BCUT2D eigenvalue weighted by Gasteiger charge is 2.15. The maximum absolute atomic E-state index is 14.2. The topological polar surface area (TPSA) is 47.6 Å². The van der Waals surface area contributed by atoms with E-state index in [-0.39, 0.29) is 23.6 Å². The summed E-state index contributed by atoms with van der Waals surface area (Å²) < 4.78 is 38.5. The van der Waals surface area contributed by atoms with Gasteiger partial charge in [-0.05, 0) is 42.0 Å². The minimum Gasteiger partial charge on any atom is -0.494 e. The van der Waals surface area contributed by atoms with Gasteiger partial charge in [0.1, 0.15) is 11.4 Å². The monoisotopic (exact) mass is 369 g/mol. The molecule has 0 fully saturated rings. The van der Waals surface area contributed by atoms with Crippen molar-refractivity contribution in [1.82, 2.24) is 0 Å². The molecule has 0 aliphatic carbocycles. The Morgan fingerprint density at radius 1 is 0.926 bits per heavy atom. The molecule has 0 atom stereocenters. The average Bonchev–Trinajstić information content (AvgIpc) is 2.65. The fourth-order valence-electron chi connectivity index (χ4n) is 2.52. The van der Waals surface area contributed by atoms with Crippen LogP contribution in [0.4, 0.5) is 14.5 Å². The molecule has 0 bridgehead atoms. The van der Waals surface area contributed by atoms with E-state index in [2.05, 4.69) is 5.32 Å². The summed E-state index contributed by atoms with van der Waals surface area (Å²) in [5, 5.41) is 2.50. The zero-order valence-corrected chi connectivity index (χ0v) is 14.5. The lowest BCUT2D eigenvalue weighted by Crippen LogP contribution is -2.16. The first-order valence-corrected chi connectivity index (χ1v) is 8.20. The molecule has 4 nitrogen and oxygen atoms in total. The van der Waals surface area contributed by atoms with Crippen LogP contribution in [0.3, 0.4) is 0 Å². The molecule has 138 valence electrons. The summed E-state index contributed by atoms with van der Waals surface area (Å²) in [6, 6.07) is 17.3. The normalized spacial score (nSPS) is 10.3. The summed E-state index contributed by atoms with van der Waals surface area (Å²) in [5.41, 5.74) is 0.369. The number of carbonyl (C=O) groups excluding carboxylic acids is 1. The van der Waals surface area contributed by atoms with Crippen LogP contribution in [0.15, 0.2) is 66.7 Å². The predicted molar refractivity (Wildman–Crippen MR) is 98.2 cm³/mol. The molecule has 1 N–H and O–H groups in total. The van der Waals surface area contributed by atoms with Crippen molar-refractivity contribution in [3.63, 3.8) is 0 Å². The third-order valence-corrected chi connectivity index (χ3v) is 3.79. The first-order chi connectivity index (χ1) is 13.1. The van der Waals surface area contributed by atoms with E-state index in [1.54, 1.807) is 36.4 Å². The SMILES string of the molecule is COc1ccc(CC(=O)Nc2c(F)cccc2Oc2ccccc2)cc1F.